The molecule has 0 spiro atoms. The maximum Gasteiger partial charge on any atom is 0.270 e. The Morgan fingerprint density at radius 2 is 2.18 bits per heavy atom. The van der Waals surface area contributed by atoms with E-state index in [0.717, 1.165) is 19.4 Å². The first-order valence-electron chi connectivity index (χ1n) is 7.06. The van der Waals surface area contributed by atoms with E-state index in [1.165, 1.54) is 29.6 Å². The first-order valence-corrected chi connectivity index (χ1v) is 7.94. The number of carbonyl (C=O) groups is 2. The molecule has 8 nitrogen and oxygen atoms in total. The zero-order valence-electron chi connectivity index (χ0n) is 12.8. The van der Waals surface area contributed by atoms with Crippen molar-refractivity contribution >= 4 is 34.6 Å². The molecule has 0 fully saturated rings. The fraction of sp³-hybridized carbons (Fsp3) is 0.538. The van der Waals surface area contributed by atoms with Crippen LogP contribution in [-0.2, 0) is 4.79 Å². The third kappa shape index (κ3) is 7.14. The highest BCUT2D eigenvalue weighted by Gasteiger charge is 2.09. The van der Waals surface area contributed by atoms with Crippen molar-refractivity contribution < 1.29 is 9.59 Å². The second kappa shape index (κ2) is 9.85. The first-order chi connectivity index (χ1) is 10.5. The summed E-state index contributed by atoms with van der Waals surface area (Å²) >= 11 is 1.27. The van der Waals surface area contributed by atoms with Crippen LogP contribution in [0.1, 0.15) is 37.2 Å². The Labute approximate surface area is 133 Å². The highest BCUT2D eigenvalue weighted by Crippen LogP contribution is 2.18. The number of aromatic nitrogens is 1. The maximum atomic E-state index is 11.8. The number of hydrogen-bond donors (Lipinski definition) is 3. The predicted octanol–water partition coefficient (Wildman–Crippen LogP) is 0.645. The van der Waals surface area contributed by atoms with Crippen molar-refractivity contribution in [1.29, 1.82) is 0 Å². The number of thiazole rings is 1. The van der Waals surface area contributed by atoms with Crippen molar-refractivity contribution in [3.8, 4) is 0 Å². The zero-order valence-corrected chi connectivity index (χ0v) is 13.7. The fourth-order valence-electron chi connectivity index (χ4n) is 1.45. The monoisotopic (exact) mass is 326 g/mol. The minimum atomic E-state index is -0.293. The van der Waals surface area contributed by atoms with Gasteiger partial charge in [-0.3, -0.25) is 9.59 Å². The van der Waals surface area contributed by atoms with Crippen LogP contribution in [0.2, 0.25) is 0 Å². The lowest BCUT2D eigenvalue weighted by molar-refractivity contribution is -0.118. The number of aliphatic imine (C=N–C) groups is 1. The van der Waals surface area contributed by atoms with E-state index in [9.17, 15) is 9.59 Å². The lowest BCUT2D eigenvalue weighted by Gasteiger charge is -2.10. The molecule has 1 aromatic rings. The Kier molecular flexibility index (Phi) is 8.08. The lowest BCUT2D eigenvalue weighted by Crippen LogP contribution is -2.33. The quantitative estimate of drug-likeness (QED) is 0.203. The number of rotatable bonds is 9. The predicted molar refractivity (Wildman–Crippen MR) is 87.1 cm³/mol. The molecule has 4 N–H and O–H groups in total. The summed E-state index contributed by atoms with van der Waals surface area (Å²) in [4.78, 5) is 30.7. The van der Waals surface area contributed by atoms with Crippen LogP contribution in [0.5, 0.6) is 0 Å². The fourth-order valence-corrected chi connectivity index (χ4v) is 2.09. The van der Waals surface area contributed by atoms with Gasteiger partial charge in [0, 0.05) is 31.9 Å². The molecule has 1 rings (SSSR count). The number of hydrogen-bond acceptors (Lipinski definition) is 6. The molecule has 9 heteroatoms. The van der Waals surface area contributed by atoms with Gasteiger partial charge in [-0.2, -0.15) is 0 Å². The van der Waals surface area contributed by atoms with Gasteiger partial charge >= 0.3 is 0 Å². The number of carbonyl (C=O) groups excluding carboxylic acids is 2. The van der Waals surface area contributed by atoms with E-state index in [4.69, 9.17) is 5.84 Å². The SMILES string of the molecule is CCCCN(N)/C=N/c1nc(C(=O)NCCNC(C)=O)cs1. The van der Waals surface area contributed by atoms with Crippen LogP contribution in [0.25, 0.3) is 0 Å². The van der Waals surface area contributed by atoms with Crippen molar-refractivity contribution in [2.45, 2.75) is 26.7 Å². The molecule has 0 saturated carbocycles. The van der Waals surface area contributed by atoms with Gasteiger partial charge < -0.3 is 15.6 Å². The van der Waals surface area contributed by atoms with Gasteiger partial charge in [0.1, 0.15) is 12.0 Å². The Morgan fingerprint density at radius 3 is 2.86 bits per heavy atom. The minimum Gasteiger partial charge on any atom is -0.355 e. The van der Waals surface area contributed by atoms with Gasteiger partial charge in [-0.25, -0.2) is 15.8 Å². The maximum absolute atomic E-state index is 11.8. The Balaban J connectivity index is 2.41. The molecule has 1 aromatic heterocycles. The van der Waals surface area contributed by atoms with Gasteiger partial charge in [-0.05, 0) is 6.42 Å². The second-order valence-electron chi connectivity index (χ2n) is 4.59. The van der Waals surface area contributed by atoms with Gasteiger partial charge in [0.25, 0.3) is 5.91 Å². The van der Waals surface area contributed by atoms with Gasteiger partial charge in [0.05, 0.1) is 0 Å². The normalized spacial score (nSPS) is 10.7. The highest BCUT2D eigenvalue weighted by atomic mass is 32.1. The molecule has 0 aliphatic rings. The van der Waals surface area contributed by atoms with E-state index >= 15 is 0 Å². The van der Waals surface area contributed by atoms with Crippen LogP contribution in [0.3, 0.4) is 0 Å². The van der Waals surface area contributed by atoms with Crippen LogP contribution in [0, 0.1) is 0 Å². The minimum absolute atomic E-state index is 0.131. The van der Waals surface area contributed by atoms with Crippen molar-refractivity contribution in [2.24, 2.45) is 10.8 Å². The van der Waals surface area contributed by atoms with Crippen LogP contribution in [0.4, 0.5) is 5.13 Å². The van der Waals surface area contributed by atoms with Gasteiger partial charge in [0.2, 0.25) is 11.0 Å². The number of amides is 2. The average Bonchev–Trinajstić information content (AvgIpc) is 2.96. The van der Waals surface area contributed by atoms with Crippen molar-refractivity contribution in [3.05, 3.63) is 11.1 Å². The van der Waals surface area contributed by atoms with E-state index in [2.05, 4.69) is 27.5 Å². The van der Waals surface area contributed by atoms with E-state index in [1.807, 2.05) is 0 Å². The van der Waals surface area contributed by atoms with E-state index < -0.39 is 0 Å². The van der Waals surface area contributed by atoms with E-state index in [0.29, 0.717) is 23.9 Å². The number of nitrogens with two attached hydrogens (primary N) is 1. The topological polar surface area (TPSA) is 113 Å². The van der Waals surface area contributed by atoms with Crippen LogP contribution >= 0.6 is 11.3 Å². The molecule has 2 amide bonds. The number of nitrogens with zero attached hydrogens (tertiary/aromatic N) is 3. The molecule has 0 aromatic carbocycles. The van der Waals surface area contributed by atoms with Gasteiger partial charge in [-0.1, -0.05) is 13.3 Å². The van der Waals surface area contributed by atoms with Crippen LogP contribution in [-0.4, -0.2) is 47.8 Å². The van der Waals surface area contributed by atoms with Crippen molar-refractivity contribution in [2.75, 3.05) is 19.6 Å². The summed E-state index contributed by atoms with van der Waals surface area (Å²) in [6, 6.07) is 0. The van der Waals surface area contributed by atoms with E-state index in [-0.39, 0.29) is 11.8 Å². The van der Waals surface area contributed by atoms with Crippen molar-refractivity contribution in [3.63, 3.8) is 0 Å². The molecule has 0 aliphatic heterocycles. The molecule has 0 radical (unpaired) electrons. The first kappa shape index (κ1) is 18.1. The number of hydrazine groups is 1. The third-order valence-corrected chi connectivity index (χ3v) is 3.34. The molecular formula is C13H22N6O2S. The molecule has 0 aliphatic carbocycles. The summed E-state index contributed by atoms with van der Waals surface area (Å²) in [6.07, 6.45) is 3.55. The third-order valence-electron chi connectivity index (χ3n) is 2.60. The molecule has 122 valence electrons. The molecule has 0 saturated heterocycles. The summed E-state index contributed by atoms with van der Waals surface area (Å²) in [5, 5.41) is 8.86. The molecule has 0 bridgehead atoms. The summed E-state index contributed by atoms with van der Waals surface area (Å²) in [5.41, 5.74) is 0.303. The molecule has 1 heterocycles. The van der Waals surface area contributed by atoms with Crippen LogP contribution in [0.15, 0.2) is 10.4 Å². The lowest BCUT2D eigenvalue weighted by atomic mass is 10.3. The Hall–Kier alpha value is -2.00. The Morgan fingerprint density at radius 1 is 1.45 bits per heavy atom. The summed E-state index contributed by atoms with van der Waals surface area (Å²) in [7, 11) is 0. The standard InChI is InChI=1S/C13H22N6O2S/c1-3-4-7-19(14)9-17-13-18-11(8-22-13)12(21)16-6-5-15-10(2)20/h8-9H,3-7,14H2,1-2H3,(H,15,20)(H,16,21)/b17-9+. The van der Waals surface area contributed by atoms with Gasteiger partial charge in [0.15, 0.2) is 0 Å². The summed E-state index contributed by atoms with van der Waals surface area (Å²) < 4.78 is 0. The highest BCUT2D eigenvalue weighted by molar-refractivity contribution is 7.13. The summed E-state index contributed by atoms with van der Waals surface area (Å²) in [6.45, 7) is 4.97. The second-order valence-corrected chi connectivity index (χ2v) is 5.43. The zero-order chi connectivity index (χ0) is 16.4. The number of nitrogens with one attached hydrogen (secondary N) is 2. The molecule has 0 atom stereocenters. The van der Waals surface area contributed by atoms with E-state index in [1.54, 1.807) is 5.38 Å². The molecule has 22 heavy (non-hydrogen) atoms. The van der Waals surface area contributed by atoms with Gasteiger partial charge in [-0.15, -0.1) is 11.3 Å². The van der Waals surface area contributed by atoms with Crippen LogP contribution < -0.4 is 16.5 Å². The average molecular weight is 326 g/mol. The largest absolute Gasteiger partial charge is 0.355 e. The molecule has 0 unspecified atom stereocenters. The summed E-state index contributed by atoms with van der Waals surface area (Å²) in [5.74, 6) is 5.30. The Bertz CT molecular complexity index is 516. The number of unbranched alkanes of at least 4 members (excludes halogenated alkanes) is 1. The molecular weight excluding hydrogens is 304 g/mol. The smallest absolute Gasteiger partial charge is 0.270 e. The van der Waals surface area contributed by atoms with Crippen molar-refractivity contribution in [1.82, 2.24) is 20.6 Å².